The molecule has 0 saturated carbocycles. The van der Waals surface area contributed by atoms with Gasteiger partial charge in [-0.05, 0) is 36.6 Å². The molecule has 5 nitrogen and oxygen atoms in total. The monoisotopic (exact) mass is 402 g/mol. The van der Waals surface area contributed by atoms with E-state index in [1.807, 2.05) is 49.4 Å². The number of esters is 1. The van der Waals surface area contributed by atoms with Crippen molar-refractivity contribution >= 4 is 11.9 Å². The minimum Gasteiger partial charge on any atom is -0.463 e. The predicted molar refractivity (Wildman–Crippen MR) is 114 cm³/mol. The number of carbonyl (C=O) groups excluding carboxylic acids is 2. The number of hydrogen-bond donors (Lipinski definition) is 0. The summed E-state index contributed by atoms with van der Waals surface area (Å²) in [5.41, 5.74) is 3.64. The lowest BCUT2D eigenvalue weighted by Gasteiger charge is -2.36. The first kappa shape index (κ1) is 21.3. The molecule has 1 aliphatic heterocycles. The summed E-state index contributed by atoms with van der Waals surface area (Å²) >= 11 is 0. The molecule has 30 heavy (non-hydrogen) atoms. The Labute approximate surface area is 177 Å². The number of hydrogen-bond acceptors (Lipinski definition) is 4. The lowest BCUT2D eigenvalue weighted by Crippen LogP contribution is -2.39. The third-order valence-electron chi connectivity index (χ3n) is 5.25. The second-order valence-corrected chi connectivity index (χ2v) is 7.29. The maximum atomic E-state index is 13.2. The maximum Gasteiger partial charge on any atom is 0.336 e. The summed E-state index contributed by atoms with van der Waals surface area (Å²) in [5, 5.41) is 9.19. The first-order valence-electron chi connectivity index (χ1n) is 10.3. The number of ether oxygens (including phenoxy) is 1. The minimum absolute atomic E-state index is 0.0253. The third kappa shape index (κ3) is 4.60. The Bertz CT molecular complexity index is 989. The molecule has 5 heteroatoms. The Morgan fingerprint density at radius 1 is 1.17 bits per heavy atom. The molecule has 1 heterocycles. The van der Waals surface area contributed by atoms with Gasteiger partial charge in [0, 0.05) is 18.0 Å². The zero-order chi connectivity index (χ0) is 21.5. The van der Waals surface area contributed by atoms with E-state index in [0.29, 0.717) is 24.1 Å². The number of nitriles is 1. The average Bonchev–Trinajstić information content (AvgIpc) is 2.77. The van der Waals surface area contributed by atoms with Crippen LogP contribution in [0.15, 0.2) is 65.9 Å². The van der Waals surface area contributed by atoms with Crippen LogP contribution in [-0.4, -0.2) is 23.4 Å². The van der Waals surface area contributed by atoms with E-state index in [4.69, 9.17) is 4.74 Å². The van der Waals surface area contributed by atoms with Crippen LogP contribution in [0.3, 0.4) is 0 Å². The third-order valence-corrected chi connectivity index (χ3v) is 5.25. The molecule has 1 atom stereocenters. The summed E-state index contributed by atoms with van der Waals surface area (Å²) in [4.78, 5) is 27.9. The highest BCUT2D eigenvalue weighted by Crippen LogP contribution is 2.39. The molecule has 1 unspecified atom stereocenters. The normalized spacial score (nSPS) is 16.4. The molecule has 0 bridgehead atoms. The molecular formula is C25H26N2O3. The van der Waals surface area contributed by atoms with Gasteiger partial charge in [-0.15, -0.1) is 0 Å². The summed E-state index contributed by atoms with van der Waals surface area (Å²) in [6, 6.07) is 19.0. The van der Waals surface area contributed by atoms with E-state index in [-0.39, 0.29) is 30.8 Å². The molecular weight excluding hydrogens is 376 g/mol. The molecule has 1 aliphatic rings. The topological polar surface area (TPSA) is 70.4 Å². The first-order chi connectivity index (χ1) is 14.6. The minimum atomic E-state index is -0.363. The van der Waals surface area contributed by atoms with Crippen molar-refractivity contribution in [1.82, 2.24) is 4.90 Å². The van der Waals surface area contributed by atoms with E-state index in [1.54, 1.807) is 24.0 Å². The van der Waals surface area contributed by atoms with Crippen LogP contribution in [0.4, 0.5) is 0 Å². The Balaban J connectivity index is 2.09. The van der Waals surface area contributed by atoms with Crippen molar-refractivity contribution in [2.75, 3.05) is 6.61 Å². The lowest BCUT2D eigenvalue weighted by atomic mass is 9.82. The standard InChI is InChI=1S/C25H26N2O3/c1-3-9-22-24(25(29)30-4-2)21(20-12-6-5-7-13-20)15-23(28)27(22)17-19-11-8-10-18(14-19)16-26/h5-8,10-14,21H,3-4,9,15,17H2,1-2H3. The average molecular weight is 402 g/mol. The van der Waals surface area contributed by atoms with Crippen LogP contribution >= 0.6 is 0 Å². The maximum absolute atomic E-state index is 13.2. The Hall–Kier alpha value is -3.39. The molecule has 0 fully saturated rings. The smallest absolute Gasteiger partial charge is 0.336 e. The molecule has 0 aromatic heterocycles. The number of allylic oxidation sites excluding steroid dienone is 1. The highest BCUT2D eigenvalue weighted by atomic mass is 16.5. The van der Waals surface area contributed by atoms with Crippen LogP contribution in [0.5, 0.6) is 0 Å². The quantitative estimate of drug-likeness (QED) is 0.630. The predicted octanol–water partition coefficient (Wildman–Crippen LogP) is 4.69. The summed E-state index contributed by atoms with van der Waals surface area (Å²) in [5.74, 6) is -0.707. The highest BCUT2D eigenvalue weighted by molar-refractivity contribution is 5.96. The van der Waals surface area contributed by atoms with Gasteiger partial charge in [-0.3, -0.25) is 4.79 Å². The number of nitrogens with zero attached hydrogens (tertiary/aromatic N) is 2. The number of amides is 1. The van der Waals surface area contributed by atoms with Gasteiger partial charge >= 0.3 is 5.97 Å². The van der Waals surface area contributed by atoms with Gasteiger partial charge in [0.25, 0.3) is 0 Å². The SMILES string of the molecule is CCCC1=C(C(=O)OCC)C(c2ccccc2)CC(=O)N1Cc1cccc(C#N)c1. The van der Waals surface area contributed by atoms with Crippen molar-refractivity contribution in [3.8, 4) is 6.07 Å². The highest BCUT2D eigenvalue weighted by Gasteiger charge is 2.38. The van der Waals surface area contributed by atoms with E-state index in [1.165, 1.54) is 0 Å². The Morgan fingerprint density at radius 2 is 1.93 bits per heavy atom. The first-order valence-corrected chi connectivity index (χ1v) is 10.3. The molecule has 0 saturated heterocycles. The van der Waals surface area contributed by atoms with E-state index < -0.39 is 0 Å². The van der Waals surface area contributed by atoms with Gasteiger partial charge in [0.05, 0.1) is 30.4 Å². The van der Waals surface area contributed by atoms with Crippen molar-refractivity contribution in [3.05, 3.63) is 82.6 Å². The zero-order valence-electron chi connectivity index (χ0n) is 17.4. The summed E-state index contributed by atoms with van der Waals surface area (Å²) in [7, 11) is 0. The lowest BCUT2D eigenvalue weighted by molar-refractivity contribution is -0.140. The number of benzene rings is 2. The second kappa shape index (κ2) is 9.89. The van der Waals surface area contributed by atoms with Crippen LogP contribution in [0, 0.1) is 11.3 Å². The summed E-state index contributed by atoms with van der Waals surface area (Å²) in [6.45, 7) is 4.42. The molecule has 2 aromatic rings. The largest absolute Gasteiger partial charge is 0.463 e. The van der Waals surface area contributed by atoms with Crippen molar-refractivity contribution in [1.29, 1.82) is 5.26 Å². The van der Waals surface area contributed by atoms with E-state index in [9.17, 15) is 14.9 Å². The summed E-state index contributed by atoms with van der Waals surface area (Å²) < 4.78 is 5.40. The van der Waals surface area contributed by atoms with Gasteiger partial charge in [0.2, 0.25) is 5.91 Å². The Kier molecular flexibility index (Phi) is 7.03. The van der Waals surface area contributed by atoms with Gasteiger partial charge in [-0.25, -0.2) is 4.79 Å². The second-order valence-electron chi connectivity index (χ2n) is 7.29. The molecule has 0 aliphatic carbocycles. The van der Waals surface area contributed by atoms with Crippen molar-refractivity contribution in [2.24, 2.45) is 0 Å². The van der Waals surface area contributed by atoms with Gasteiger partial charge in [0.15, 0.2) is 0 Å². The zero-order valence-corrected chi connectivity index (χ0v) is 17.4. The van der Waals surface area contributed by atoms with Gasteiger partial charge in [0.1, 0.15) is 0 Å². The van der Waals surface area contributed by atoms with E-state index in [2.05, 4.69) is 6.07 Å². The van der Waals surface area contributed by atoms with Crippen LogP contribution < -0.4 is 0 Å². The van der Waals surface area contributed by atoms with Crippen LogP contribution in [0.2, 0.25) is 0 Å². The van der Waals surface area contributed by atoms with Gasteiger partial charge in [-0.1, -0.05) is 55.8 Å². The van der Waals surface area contributed by atoms with Crippen molar-refractivity contribution in [3.63, 3.8) is 0 Å². The fourth-order valence-electron chi connectivity index (χ4n) is 3.93. The van der Waals surface area contributed by atoms with Gasteiger partial charge < -0.3 is 9.64 Å². The molecule has 154 valence electrons. The molecule has 1 amide bonds. The van der Waals surface area contributed by atoms with E-state index in [0.717, 1.165) is 23.2 Å². The molecule has 0 radical (unpaired) electrons. The molecule has 3 rings (SSSR count). The molecule has 2 aromatic carbocycles. The Morgan fingerprint density at radius 3 is 2.60 bits per heavy atom. The summed E-state index contributed by atoms with van der Waals surface area (Å²) in [6.07, 6.45) is 1.60. The van der Waals surface area contributed by atoms with Crippen molar-refractivity contribution < 1.29 is 14.3 Å². The number of carbonyl (C=O) groups is 2. The fraction of sp³-hybridized carbons (Fsp3) is 0.320. The van der Waals surface area contributed by atoms with Crippen molar-refractivity contribution in [2.45, 2.75) is 45.6 Å². The van der Waals surface area contributed by atoms with Crippen LogP contribution in [-0.2, 0) is 20.9 Å². The fourth-order valence-corrected chi connectivity index (χ4v) is 3.93. The van der Waals surface area contributed by atoms with Crippen LogP contribution in [0.25, 0.3) is 0 Å². The molecule has 0 spiro atoms. The molecule has 0 N–H and O–H groups in total. The van der Waals surface area contributed by atoms with Crippen LogP contribution in [0.1, 0.15) is 55.7 Å². The van der Waals surface area contributed by atoms with Gasteiger partial charge in [-0.2, -0.15) is 5.26 Å². The number of rotatable bonds is 7. The van der Waals surface area contributed by atoms with E-state index >= 15 is 0 Å².